The van der Waals surface area contributed by atoms with Crippen molar-refractivity contribution in [3.8, 4) is 0 Å². The molecule has 0 atom stereocenters. The predicted molar refractivity (Wildman–Crippen MR) is 50.6 cm³/mol. The van der Waals surface area contributed by atoms with E-state index in [0.717, 1.165) is 15.6 Å². The summed E-state index contributed by atoms with van der Waals surface area (Å²) in [5.74, 6) is 0. The van der Waals surface area contributed by atoms with Gasteiger partial charge in [-0.3, -0.25) is 0 Å². The van der Waals surface area contributed by atoms with Crippen molar-refractivity contribution < 1.29 is 0 Å². The summed E-state index contributed by atoms with van der Waals surface area (Å²) in [5, 5.41) is 1.65. The Hall–Kier alpha value is -0.960. The molecule has 1 aromatic rings. The van der Waals surface area contributed by atoms with Crippen LogP contribution in [0.2, 0.25) is 0 Å². The summed E-state index contributed by atoms with van der Waals surface area (Å²) in [6, 6.07) is 0. The van der Waals surface area contributed by atoms with Gasteiger partial charge < -0.3 is 4.57 Å². The van der Waals surface area contributed by atoms with Crippen LogP contribution in [-0.2, 0) is 7.05 Å². The van der Waals surface area contributed by atoms with Crippen LogP contribution in [0.5, 0.6) is 0 Å². The number of imidazole rings is 1. The van der Waals surface area contributed by atoms with Gasteiger partial charge in [0.2, 0.25) is 0 Å². The maximum Gasteiger partial charge on any atom is 0.101 e. The molecule has 0 aliphatic carbocycles. The fraction of sp³-hybridized carbons (Fsp3) is 0.125. The molecule has 0 radical (unpaired) electrons. The van der Waals surface area contributed by atoms with E-state index in [1.807, 2.05) is 11.6 Å². The molecule has 0 bridgehead atoms. The smallest absolute Gasteiger partial charge is 0.101 e. The van der Waals surface area contributed by atoms with Crippen LogP contribution in [0.4, 0.5) is 0 Å². The molecule has 1 aromatic heterocycles. The monoisotopic (exact) mass is 166 g/mol. The van der Waals surface area contributed by atoms with E-state index in [1.54, 1.807) is 12.4 Å². The summed E-state index contributed by atoms with van der Waals surface area (Å²) in [4.78, 5) is 4.86. The highest BCUT2D eigenvalue weighted by Gasteiger charge is 1.92. The maximum absolute atomic E-state index is 4.19. The van der Waals surface area contributed by atoms with E-state index in [1.165, 1.54) is 0 Å². The lowest BCUT2D eigenvalue weighted by atomic mass is 10.5. The van der Waals surface area contributed by atoms with Gasteiger partial charge in [0, 0.05) is 12.0 Å². The second-order valence-electron chi connectivity index (χ2n) is 2.24. The minimum atomic E-state index is 0.760. The molecule has 3 heteroatoms. The average Bonchev–Trinajstić information content (AvgIpc) is 2.32. The molecule has 11 heavy (non-hydrogen) atoms. The number of aromatic nitrogens is 2. The molecule has 0 saturated carbocycles. The molecule has 58 valence electrons. The summed E-state index contributed by atoms with van der Waals surface area (Å²) < 4.78 is 1.84. The third kappa shape index (κ3) is 1.38. The zero-order chi connectivity index (χ0) is 8.43. The molecule has 0 aliphatic rings. The Bertz CT molecular complexity index is 375. The number of hydrogen-bond donors (Lipinski definition) is 1. The molecule has 0 aromatic carbocycles. The van der Waals surface area contributed by atoms with Crippen molar-refractivity contribution in [1.82, 2.24) is 9.55 Å². The van der Waals surface area contributed by atoms with E-state index in [4.69, 9.17) is 0 Å². The Morgan fingerprint density at radius 1 is 1.82 bits per heavy atom. The first-order valence-electron chi connectivity index (χ1n) is 3.18. The van der Waals surface area contributed by atoms with Gasteiger partial charge in [-0.25, -0.2) is 4.98 Å². The quantitative estimate of drug-likeness (QED) is 0.584. The summed E-state index contributed by atoms with van der Waals surface area (Å²) >= 11 is 4.19. The zero-order valence-electron chi connectivity index (χ0n) is 6.41. The topological polar surface area (TPSA) is 17.8 Å². The molecule has 0 spiro atoms. The fourth-order valence-electron chi connectivity index (χ4n) is 0.766. The van der Waals surface area contributed by atoms with E-state index in [2.05, 4.69) is 30.8 Å². The second kappa shape index (κ2) is 2.96. The van der Waals surface area contributed by atoms with Crippen LogP contribution in [-0.4, -0.2) is 9.55 Å². The van der Waals surface area contributed by atoms with Crippen molar-refractivity contribution in [2.45, 2.75) is 0 Å². The first-order chi connectivity index (χ1) is 5.16. The van der Waals surface area contributed by atoms with Crippen LogP contribution in [0.25, 0.3) is 11.5 Å². The third-order valence-corrected chi connectivity index (χ3v) is 1.89. The summed E-state index contributed by atoms with van der Waals surface area (Å²) in [5.41, 5.74) is 0. The summed E-state index contributed by atoms with van der Waals surface area (Å²) in [6.07, 6.45) is 3.36. The average molecular weight is 166 g/mol. The van der Waals surface area contributed by atoms with Crippen LogP contribution >= 0.6 is 12.6 Å². The fourth-order valence-corrected chi connectivity index (χ4v) is 0.953. The molecule has 0 unspecified atom stereocenters. The molecule has 0 aliphatic heterocycles. The molecular weight excluding hydrogens is 156 g/mol. The molecule has 0 N–H and O–H groups in total. The Balaban J connectivity index is 3.60. The minimum absolute atomic E-state index is 0.760. The van der Waals surface area contributed by atoms with Crippen molar-refractivity contribution in [3.63, 3.8) is 0 Å². The molecule has 1 rings (SSSR count). The second-order valence-corrected chi connectivity index (χ2v) is 2.72. The lowest BCUT2D eigenvalue weighted by Crippen LogP contribution is -2.28. The van der Waals surface area contributed by atoms with Crippen molar-refractivity contribution in [2.24, 2.45) is 7.05 Å². The Morgan fingerprint density at radius 3 is 2.82 bits per heavy atom. The molecule has 2 nitrogen and oxygen atoms in total. The maximum atomic E-state index is 4.19. The van der Waals surface area contributed by atoms with E-state index < -0.39 is 0 Å². The molecule has 0 fully saturated rings. The van der Waals surface area contributed by atoms with Gasteiger partial charge in [-0.15, -0.1) is 12.6 Å². The minimum Gasteiger partial charge on any atom is -0.334 e. The van der Waals surface area contributed by atoms with Crippen molar-refractivity contribution in [2.75, 3.05) is 0 Å². The number of thiol groups is 1. The standard InChI is InChI=1S/C8H10N2S/c1-4-7(11)8-6(2)10(3)5-9-8/h4-5,11H,1-2H2,3H3/b8-7-. The van der Waals surface area contributed by atoms with Gasteiger partial charge in [0.1, 0.15) is 5.35 Å². The normalized spacial score (nSPS) is 12.9. The summed E-state index contributed by atoms with van der Waals surface area (Å²) in [7, 11) is 1.89. The highest BCUT2D eigenvalue weighted by molar-refractivity contribution is 7.90. The van der Waals surface area contributed by atoms with Crippen LogP contribution in [0, 0.1) is 0 Å². The highest BCUT2D eigenvalue weighted by Crippen LogP contribution is 1.95. The third-order valence-electron chi connectivity index (χ3n) is 1.50. The molecule has 0 amide bonds. The molecule has 0 saturated heterocycles. The van der Waals surface area contributed by atoms with E-state index >= 15 is 0 Å². The van der Waals surface area contributed by atoms with Gasteiger partial charge in [-0.1, -0.05) is 19.2 Å². The predicted octanol–water partition coefficient (Wildman–Crippen LogP) is 0.0544. The van der Waals surface area contributed by atoms with E-state index in [9.17, 15) is 0 Å². The van der Waals surface area contributed by atoms with Gasteiger partial charge in [-0.05, 0) is 0 Å². The van der Waals surface area contributed by atoms with Crippen molar-refractivity contribution in [1.29, 1.82) is 0 Å². The first-order valence-corrected chi connectivity index (χ1v) is 3.63. The molecule has 1 heterocycles. The Labute approximate surface area is 71.0 Å². The lowest BCUT2D eigenvalue weighted by molar-refractivity contribution is 0.883. The van der Waals surface area contributed by atoms with Gasteiger partial charge >= 0.3 is 0 Å². The van der Waals surface area contributed by atoms with Crippen LogP contribution < -0.4 is 10.7 Å². The molecular formula is C8H10N2S. The largest absolute Gasteiger partial charge is 0.334 e. The summed E-state index contributed by atoms with van der Waals surface area (Å²) in [6.45, 7) is 7.43. The lowest BCUT2D eigenvalue weighted by Gasteiger charge is -1.85. The number of rotatable bonds is 1. The van der Waals surface area contributed by atoms with Crippen molar-refractivity contribution >= 4 is 24.1 Å². The van der Waals surface area contributed by atoms with Gasteiger partial charge in [0.05, 0.1) is 11.7 Å². The van der Waals surface area contributed by atoms with Gasteiger partial charge in [-0.2, -0.15) is 0 Å². The highest BCUT2D eigenvalue weighted by atomic mass is 32.1. The SMILES string of the molecule is C=C/C(S)=c1/ncn(C)c1=C. The Kier molecular flexibility index (Phi) is 2.19. The zero-order valence-corrected chi connectivity index (χ0v) is 7.30. The number of aryl methyl sites for hydroxylation is 1. The first kappa shape index (κ1) is 8.14. The van der Waals surface area contributed by atoms with Crippen molar-refractivity contribution in [3.05, 3.63) is 29.7 Å². The van der Waals surface area contributed by atoms with Crippen LogP contribution in [0.15, 0.2) is 19.0 Å². The van der Waals surface area contributed by atoms with E-state index in [-0.39, 0.29) is 0 Å². The number of nitrogens with zero attached hydrogens (tertiary/aromatic N) is 2. The number of hydrogen-bond acceptors (Lipinski definition) is 2. The van der Waals surface area contributed by atoms with Gasteiger partial charge in [0.15, 0.2) is 0 Å². The van der Waals surface area contributed by atoms with E-state index in [0.29, 0.717) is 0 Å². The Morgan fingerprint density at radius 2 is 2.45 bits per heavy atom. The van der Waals surface area contributed by atoms with Gasteiger partial charge in [0.25, 0.3) is 0 Å². The van der Waals surface area contributed by atoms with Crippen LogP contribution in [0.1, 0.15) is 0 Å². The van der Waals surface area contributed by atoms with Crippen LogP contribution in [0.3, 0.4) is 0 Å².